The first-order valence-corrected chi connectivity index (χ1v) is 22.1. The number of hydrogen-bond donors (Lipinski definition) is 7. The molecule has 1 heterocycles. The lowest BCUT2D eigenvalue weighted by atomic mass is 9.83. The Hall–Kier alpha value is -6.61. The predicted octanol–water partition coefficient (Wildman–Crippen LogP) is 1.60. The van der Waals surface area contributed by atoms with Crippen molar-refractivity contribution >= 4 is 57.2 Å². The predicted molar refractivity (Wildman–Crippen MR) is 223 cm³/mol. The Balaban J connectivity index is 1.40. The summed E-state index contributed by atoms with van der Waals surface area (Å²) in [4.78, 5) is 107. The average molecular weight is 910 g/mol. The molecule has 6 amide bonds. The molecule has 5 unspecified atom stereocenters. The standard InChI is InChI=1S/C43H49F2N7O11S/c1-2-12-30(37(54)41(58)47-22-32(53)49-35(38(46)55)24-13-6-3-7-14-24)48-39(56)31-21-26(51-64(62,63)27-17-10-5-11-18-27)23-52(31)42(59)36(25-15-8-4-9-16-25)50-40(57)33-28(44)19-20-29(45)34(33)43(60)61/h3,5-7,10-11,13-14,17-20,25-26,30-31,35-36,51H,2,4,8-9,12,15-16,21-23H2,1H3,(H2,46,55)(H,47,58)(H,48,56)(H,49,53)(H,50,57)(H,60,61). The molecule has 2 fully saturated rings. The van der Waals surface area contributed by atoms with Gasteiger partial charge in [0.1, 0.15) is 35.3 Å². The van der Waals surface area contributed by atoms with Crippen LogP contribution in [0, 0.1) is 17.6 Å². The van der Waals surface area contributed by atoms with E-state index in [0.29, 0.717) is 43.4 Å². The van der Waals surface area contributed by atoms with Crippen molar-refractivity contribution in [2.45, 2.75) is 93.4 Å². The molecule has 1 aliphatic carbocycles. The molecule has 0 spiro atoms. The normalized spacial score (nSPS) is 17.9. The molecule has 2 aliphatic rings. The summed E-state index contributed by atoms with van der Waals surface area (Å²) in [7, 11) is -4.25. The summed E-state index contributed by atoms with van der Waals surface area (Å²) in [6.45, 7) is 0.442. The van der Waals surface area contributed by atoms with E-state index in [1.807, 2.05) is 0 Å². The number of rotatable bonds is 19. The Kier molecular flexibility index (Phi) is 16.4. The van der Waals surface area contributed by atoms with Gasteiger partial charge < -0.3 is 37.0 Å². The molecule has 21 heteroatoms. The number of likely N-dealkylation sites (tertiary alicyclic amines) is 1. The van der Waals surface area contributed by atoms with E-state index in [2.05, 4.69) is 26.0 Å². The third-order valence-corrected chi connectivity index (χ3v) is 12.6. The molecule has 0 bridgehead atoms. The number of halogens is 2. The first kappa shape index (κ1) is 48.4. The number of Topliss-reactive ketones (excluding diaryl/α,β-unsaturated/α-hetero) is 1. The molecule has 0 aromatic heterocycles. The number of primary amides is 1. The summed E-state index contributed by atoms with van der Waals surface area (Å²) in [5.41, 5.74) is 3.39. The number of carbonyl (C=O) groups is 8. The van der Waals surface area contributed by atoms with Crippen molar-refractivity contribution < 1.29 is 60.7 Å². The van der Waals surface area contributed by atoms with Crippen LogP contribution in [0.4, 0.5) is 8.78 Å². The van der Waals surface area contributed by atoms with Crippen LogP contribution in [0.1, 0.15) is 90.6 Å². The molecule has 8 N–H and O–H groups in total. The van der Waals surface area contributed by atoms with Gasteiger partial charge in [0.15, 0.2) is 0 Å². The van der Waals surface area contributed by atoms with Gasteiger partial charge in [-0.05, 0) is 61.4 Å². The van der Waals surface area contributed by atoms with Gasteiger partial charge in [-0.25, -0.2) is 26.7 Å². The van der Waals surface area contributed by atoms with Crippen molar-refractivity contribution in [3.63, 3.8) is 0 Å². The second kappa shape index (κ2) is 21.7. The van der Waals surface area contributed by atoms with Crippen molar-refractivity contribution in [3.05, 3.63) is 101 Å². The Morgan fingerprint density at radius 1 is 0.828 bits per heavy atom. The summed E-state index contributed by atoms with van der Waals surface area (Å²) >= 11 is 0. The fraction of sp³-hybridized carbons (Fsp3) is 0.395. The Labute approximate surface area is 367 Å². The lowest BCUT2D eigenvalue weighted by Gasteiger charge is -2.35. The molecule has 1 saturated heterocycles. The molecule has 1 saturated carbocycles. The highest BCUT2D eigenvalue weighted by atomic mass is 32.2. The van der Waals surface area contributed by atoms with Crippen molar-refractivity contribution in [2.75, 3.05) is 13.1 Å². The molecule has 3 aromatic carbocycles. The van der Waals surface area contributed by atoms with Crippen LogP contribution in [0.15, 0.2) is 77.7 Å². The third-order valence-electron chi connectivity index (χ3n) is 11.0. The van der Waals surface area contributed by atoms with Gasteiger partial charge in [0.05, 0.1) is 23.0 Å². The highest BCUT2D eigenvalue weighted by Crippen LogP contribution is 2.31. The number of carbonyl (C=O) groups excluding carboxylic acids is 7. The number of ketones is 1. The maximum absolute atomic E-state index is 15.1. The second-order valence-electron chi connectivity index (χ2n) is 15.5. The number of amides is 6. The molecule has 0 radical (unpaired) electrons. The molecule has 1 aliphatic heterocycles. The van der Waals surface area contributed by atoms with Crippen molar-refractivity contribution in [3.8, 4) is 0 Å². The number of carboxylic acids is 1. The number of nitrogens with two attached hydrogens (primary N) is 1. The lowest BCUT2D eigenvalue weighted by molar-refractivity contribution is -0.143. The molecule has 5 atom stereocenters. The molecule has 64 heavy (non-hydrogen) atoms. The fourth-order valence-electron chi connectivity index (χ4n) is 7.93. The van der Waals surface area contributed by atoms with Crippen LogP contribution in [-0.4, -0.2) is 103 Å². The van der Waals surface area contributed by atoms with E-state index in [9.17, 15) is 56.3 Å². The van der Waals surface area contributed by atoms with Crippen molar-refractivity contribution in [1.82, 2.24) is 30.9 Å². The smallest absolute Gasteiger partial charge is 0.339 e. The monoisotopic (exact) mass is 909 g/mol. The summed E-state index contributed by atoms with van der Waals surface area (Å²) in [6.07, 6.45) is 2.49. The van der Waals surface area contributed by atoms with E-state index < -0.39 is 129 Å². The number of sulfonamides is 1. The zero-order valence-corrected chi connectivity index (χ0v) is 35.5. The molecule has 342 valence electrons. The van der Waals surface area contributed by atoms with Crippen molar-refractivity contribution in [2.24, 2.45) is 11.7 Å². The topological polar surface area (TPSA) is 280 Å². The number of nitrogens with zero attached hydrogens (tertiary/aromatic N) is 1. The molecule has 3 aromatic rings. The summed E-state index contributed by atoms with van der Waals surface area (Å²) < 4.78 is 59.1. The number of carboxylic acid groups (broad SMARTS) is 1. The Bertz CT molecular complexity index is 2370. The fourth-order valence-corrected chi connectivity index (χ4v) is 9.19. The first-order valence-electron chi connectivity index (χ1n) is 20.6. The van der Waals surface area contributed by atoms with Crippen LogP contribution >= 0.6 is 0 Å². The van der Waals surface area contributed by atoms with Crippen LogP contribution in [-0.2, 0) is 38.8 Å². The van der Waals surface area contributed by atoms with Gasteiger partial charge in [-0.3, -0.25) is 33.6 Å². The van der Waals surface area contributed by atoms with E-state index in [-0.39, 0.29) is 24.2 Å². The van der Waals surface area contributed by atoms with Crippen LogP contribution in [0.5, 0.6) is 0 Å². The minimum atomic E-state index is -4.25. The van der Waals surface area contributed by atoms with Gasteiger partial charge in [0.2, 0.25) is 39.4 Å². The maximum Gasteiger partial charge on any atom is 0.339 e. The lowest BCUT2D eigenvalue weighted by Crippen LogP contribution is -2.58. The van der Waals surface area contributed by atoms with Crippen LogP contribution in [0.3, 0.4) is 0 Å². The van der Waals surface area contributed by atoms with E-state index in [1.54, 1.807) is 43.3 Å². The van der Waals surface area contributed by atoms with Crippen LogP contribution in [0.25, 0.3) is 0 Å². The average Bonchev–Trinajstić information content (AvgIpc) is 3.70. The number of hydrogen-bond acceptors (Lipinski definition) is 10. The van der Waals surface area contributed by atoms with Gasteiger partial charge in [-0.15, -0.1) is 0 Å². The quantitative estimate of drug-likeness (QED) is 0.0849. The van der Waals surface area contributed by atoms with Gasteiger partial charge in [0, 0.05) is 12.6 Å². The van der Waals surface area contributed by atoms with Gasteiger partial charge in [-0.1, -0.05) is 81.1 Å². The van der Waals surface area contributed by atoms with Crippen LogP contribution in [0.2, 0.25) is 0 Å². The third kappa shape index (κ3) is 11.9. The Morgan fingerprint density at radius 2 is 1.44 bits per heavy atom. The van der Waals surface area contributed by atoms with Crippen LogP contribution < -0.4 is 31.7 Å². The van der Waals surface area contributed by atoms with Gasteiger partial charge in [-0.2, -0.15) is 0 Å². The summed E-state index contributed by atoms with van der Waals surface area (Å²) in [5.74, 6) is -12.9. The van der Waals surface area contributed by atoms with E-state index >= 15 is 4.39 Å². The minimum absolute atomic E-state index is 0.0987. The molecular formula is C43H49F2N7O11S. The Morgan fingerprint density at radius 3 is 2.03 bits per heavy atom. The molecule has 5 rings (SSSR count). The molecule has 18 nitrogen and oxygen atoms in total. The minimum Gasteiger partial charge on any atom is -0.478 e. The van der Waals surface area contributed by atoms with Gasteiger partial charge in [0.25, 0.3) is 11.8 Å². The number of nitrogens with one attached hydrogen (secondary N) is 5. The highest BCUT2D eigenvalue weighted by Gasteiger charge is 2.46. The van der Waals surface area contributed by atoms with E-state index in [1.165, 1.54) is 24.3 Å². The summed E-state index contributed by atoms with van der Waals surface area (Å²) in [5, 5.41) is 19.1. The van der Waals surface area contributed by atoms with Gasteiger partial charge >= 0.3 is 5.97 Å². The maximum atomic E-state index is 15.1. The highest BCUT2D eigenvalue weighted by molar-refractivity contribution is 7.89. The zero-order chi connectivity index (χ0) is 46.7. The first-order chi connectivity index (χ1) is 30.4. The zero-order valence-electron chi connectivity index (χ0n) is 34.7. The van der Waals surface area contributed by atoms with E-state index in [4.69, 9.17) is 5.73 Å². The SMILES string of the molecule is CCCC(NC(=O)C1CC(NS(=O)(=O)c2ccccc2)CN1C(=O)C(NC(=O)c1c(F)ccc(F)c1C(=O)O)C1CCCCC1)C(=O)C(=O)NCC(=O)NC(C(N)=O)c1ccccc1. The molecular weight excluding hydrogens is 861 g/mol. The number of aromatic carboxylic acids is 1. The second-order valence-corrected chi connectivity index (χ2v) is 17.2. The van der Waals surface area contributed by atoms with E-state index in [0.717, 1.165) is 11.3 Å². The number of benzene rings is 3. The summed E-state index contributed by atoms with van der Waals surface area (Å²) in [6, 6.07) is 9.36. The van der Waals surface area contributed by atoms with Crippen molar-refractivity contribution in [1.29, 1.82) is 0 Å². The largest absolute Gasteiger partial charge is 0.478 e.